The van der Waals surface area contributed by atoms with Crippen molar-refractivity contribution in [3.8, 4) is 17.3 Å². The number of nitrogens with zero attached hydrogens (tertiary/aromatic N) is 1. The zero-order valence-electron chi connectivity index (χ0n) is 10.9. The van der Waals surface area contributed by atoms with Crippen LogP contribution in [-0.4, -0.2) is 4.98 Å². The molecule has 100 valence electrons. The van der Waals surface area contributed by atoms with Gasteiger partial charge in [0.25, 0.3) is 5.56 Å². The molecular weight excluding hydrogens is 316 g/mol. The average Bonchev–Trinajstić information content (AvgIpc) is 2.47. The van der Waals surface area contributed by atoms with E-state index in [9.17, 15) is 10.1 Å². The molecule has 0 amide bonds. The minimum atomic E-state index is -0.272. The molecule has 3 rings (SSSR count). The third kappa shape index (κ3) is 2.19. The predicted molar refractivity (Wildman–Crippen MR) is 81.6 cm³/mol. The van der Waals surface area contributed by atoms with Crippen LogP contribution in [0.3, 0.4) is 0 Å². The molecule has 0 saturated heterocycles. The Kier molecular flexibility index (Phi) is 3.45. The highest BCUT2D eigenvalue weighted by Gasteiger charge is 2.20. The molecule has 1 aromatic heterocycles. The van der Waals surface area contributed by atoms with E-state index in [0.717, 1.165) is 52.5 Å². The number of benzene rings is 1. The number of aromatic amines is 1. The SMILES string of the molecule is N#Cc1c2c(c(-c3ccc(Br)cc3)[nH]c1=O)CCCC2. The van der Waals surface area contributed by atoms with E-state index in [1.807, 2.05) is 24.3 Å². The van der Waals surface area contributed by atoms with Crippen LogP contribution in [-0.2, 0) is 12.8 Å². The van der Waals surface area contributed by atoms with Gasteiger partial charge in [-0.1, -0.05) is 28.1 Å². The van der Waals surface area contributed by atoms with Crippen LogP contribution in [0.2, 0.25) is 0 Å². The maximum absolute atomic E-state index is 12.1. The lowest BCUT2D eigenvalue weighted by Gasteiger charge is -2.20. The molecule has 3 nitrogen and oxygen atoms in total. The Morgan fingerprint density at radius 3 is 2.40 bits per heavy atom. The molecule has 1 aliphatic carbocycles. The molecule has 1 aromatic carbocycles. The highest BCUT2D eigenvalue weighted by molar-refractivity contribution is 9.10. The molecule has 0 aliphatic heterocycles. The van der Waals surface area contributed by atoms with Crippen molar-refractivity contribution >= 4 is 15.9 Å². The highest BCUT2D eigenvalue weighted by atomic mass is 79.9. The van der Waals surface area contributed by atoms with Gasteiger partial charge >= 0.3 is 0 Å². The first-order valence-corrected chi connectivity index (χ1v) is 7.44. The Labute approximate surface area is 125 Å². The van der Waals surface area contributed by atoms with Gasteiger partial charge in [0.05, 0.1) is 5.69 Å². The van der Waals surface area contributed by atoms with Gasteiger partial charge in [-0.2, -0.15) is 5.26 Å². The summed E-state index contributed by atoms with van der Waals surface area (Å²) in [5.41, 5.74) is 3.96. The largest absolute Gasteiger partial charge is 0.321 e. The van der Waals surface area contributed by atoms with Gasteiger partial charge in [-0.25, -0.2) is 0 Å². The third-order valence-electron chi connectivity index (χ3n) is 3.78. The van der Waals surface area contributed by atoms with Crippen molar-refractivity contribution in [1.29, 1.82) is 5.26 Å². The first-order chi connectivity index (χ1) is 9.70. The summed E-state index contributed by atoms with van der Waals surface area (Å²) in [6.45, 7) is 0. The number of aromatic nitrogens is 1. The zero-order valence-corrected chi connectivity index (χ0v) is 12.5. The van der Waals surface area contributed by atoms with Gasteiger partial charge in [0.2, 0.25) is 0 Å². The Morgan fingerprint density at radius 2 is 1.75 bits per heavy atom. The number of H-pyrrole nitrogens is 1. The van der Waals surface area contributed by atoms with Gasteiger partial charge < -0.3 is 4.98 Å². The molecule has 0 unspecified atom stereocenters. The van der Waals surface area contributed by atoms with E-state index in [2.05, 4.69) is 27.0 Å². The summed E-state index contributed by atoms with van der Waals surface area (Å²) >= 11 is 3.42. The van der Waals surface area contributed by atoms with Crippen molar-refractivity contribution in [2.75, 3.05) is 0 Å². The van der Waals surface area contributed by atoms with Gasteiger partial charge in [0.15, 0.2) is 0 Å². The van der Waals surface area contributed by atoms with Gasteiger partial charge in [-0.15, -0.1) is 0 Å². The molecule has 4 heteroatoms. The van der Waals surface area contributed by atoms with Crippen LogP contribution in [0.25, 0.3) is 11.3 Å². The molecule has 0 bridgehead atoms. The summed E-state index contributed by atoms with van der Waals surface area (Å²) in [4.78, 5) is 15.0. The number of hydrogen-bond donors (Lipinski definition) is 1. The van der Waals surface area contributed by atoms with Crippen LogP contribution in [0.4, 0.5) is 0 Å². The minimum Gasteiger partial charge on any atom is -0.321 e. The topological polar surface area (TPSA) is 56.6 Å². The van der Waals surface area contributed by atoms with E-state index in [-0.39, 0.29) is 5.56 Å². The molecule has 1 N–H and O–H groups in total. The normalized spacial score (nSPS) is 13.6. The van der Waals surface area contributed by atoms with Gasteiger partial charge in [0.1, 0.15) is 11.6 Å². The molecule has 1 heterocycles. The van der Waals surface area contributed by atoms with E-state index >= 15 is 0 Å². The molecule has 0 spiro atoms. The number of halogens is 1. The molecule has 2 aromatic rings. The van der Waals surface area contributed by atoms with Crippen LogP contribution in [0.5, 0.6) is 0 Å². The van der Waals surface area contributed by atoms with Crippen molar-refractivity contribution < 1.29 is 0 Å². The van der Waals surface area contributed by atoms with Gasteiger partial charge in [-0.05, 0) is 54.5 Å². The first-order valence-electron chi connectivity index (χ1n) is 6.65. The summed E-state index contributed by atoms with van der Waals surface area (Å²) in [6, 6.07) is 9.94. The number of hydrogen-bond acceptors (Lipinski definition) is 2. The summed E-state index contributed by atoms with van der Waals surface area (Å²) in [7, 11) is 0. The quantitative estimate of drug-likeness (QED) is 0.870. The molecular formula is C16H13BrN2O. The summed E-state index contributed by atoms with van der Waals surface area (Å²) < 4.78 is 1.01. The first kappa shape index (κ1) is 13.1. The second-order valence-corrected chi connectivity index (χ2v) is 5.90. The average molecular weight is 329 g/mol. The smallest absolute Gasteiger partial charge is 0.266 e. The molecule has 0 saturated carbocycles. The van der Waals surface area contributed by atoms with Crippen LogP contribution < -0.4 is 5.56 Å². The van der Waals surface area contributed by atoms with Crippen molar-refractivity contribution in [3.05, 3.63) is 55.8 Å². The summed E-state index contributed by atoms with van der Waals surface area (Å²) in [6.07, 6.45) is 3.90. The highest BCUT2D eigenvalue weighted by Crippen LogP contribution is 2.30. The Hall–Kier alpha value is -1.86. The van der Waals surface area contributed by atoms with E-state index in [0.29, 0.717) is 5.56 Å². The lowest BCUT2D eigenvalue weighted by molar-refractivity contribution is 0.680. The monoisotopic (exact) mass is 328 g/mol. The van der Waals surface area contributed by atoms with E-state index < -0.39 is 0 Å². The summed E-state index contributed by atoms with van der Waals surface area (Å²) in [5, 5.41) is 9.20. The number of pyridine rings is 1. The fraction of sp³-hybridized carbons (Fsp3) is 0.250. The van der Waals surface area contributed by atoms with Crippen LogP contribution in [0.1, 0.15) is 29.5 Å². The third-order valence-corrected chi connectivity index (χ3v) is 4.31. The molecule has 0 atom stereocenters. The Balaban J connectivity index is 2.27. The molecule has 0 radical (unpaired) electrons. The molecule has 1 aliphatic rings. The zero-order chi connectivity index (χ0) is 14.1. The molecule has 20 heavy (non-hydrogen) atoms. The Morgan fingerprint density at radius 1 is 1.10 bits per heavy atom. The summed E-state index contributed by atoms with van der Waals surface area (Å²) in [5.74, 6) is 0. The Bertz CT molecular complexity index is 754. The lowest BCUT2D eigenvalue weighted by Crippen LogP contribution is -2.20. The second-order valence-electron chi connectivity index (χ2n) is 4.99. The van der Waals surface area contributed by atoms with Gasteiger partial charge in [0, 0.05) is 4.47 Å². The van der Waals surface area contributed by atoms with Gasteiger partial charge in [-0.3, -0.25) is 4.79 Å². The van der Waals surface area contributed by atoms with E-state index in [1.165, 1.54) is 0 Å². The van der Waals surface area contributed by atoms with E-state index in [4.69, 9.17) is 0 Å². The van der Waals surface area contributed by atoms with Crippen LogP contribution >= 0.6 is 15.9 Å². The maximum atomic E-state index is 12.1. The minimum absolute atomic E-state index is 0.272. The van der Waals surface area contributed by atoms with Crippen LogP contribution in [0, 0.1) is 11.3 Å². The number of nitriles is 1. The number of fused-ring (bicyclic) bond motifs is 1. The van der Waals surface area contributed by atoms with Crippen molar-refractivity contribution in [2.45, 2.75) is 25.7 Å². The number of rotatable bonds is 1. The van der Waals surface area contributed by atoms with Crippen LogP contribution in [0.15, 0.2) is 33.5 Å². The van der Waals surface area contributed by atoms with Crippen molar-refractivity contribution in [1.82, 2.24) is 4.98 Å². The fourth-order valence-electron chi connectivity index (χ4n) is 2.83. The predicted octanol–water partition coefficient (Wildman–Crippen LogP) is 3.55. The van der Waals surface area contributed by atoms with Crippen molar-refractivity contribution in [2.24, 2.45) is 0 Å². The molecule has 0 fully saturated rings. The van der Waals surface area contributed by atoms with E-state index in [1.54, 1.807) is 0 Å². The fourth-order valence-corrected chi connectivity index (χ4v) is 3.09. The van der Waals surface area contributed by atoms with Crippen molar-refractivity contribution in [3.63, 3.8) is 0 Å². The second kappa shape index (κ2) is 5.26. The number of nitrogens with one attached hydrogen (secondary N) is 1. The lowest BCUT2D eigenvalue weighted by atomic mass is 9.86. The standard InChI is InChI=1S/C16H13BrN2O/c17-11-7-5-10(6-8-11)15-13-4-2-1-3-12(13)14(9-18)16(20)19-15/h5-8H,1-4H2,(H,19,20). The maximum Gasteiger partial charge on any atom is 0.266 e.